The minimum absolute atomic E-state index is 0.00244. The molecule has 0 heterocycles. The maximum Gasteiger partial charge on any atom is 0.238 e. The SMILES string of the molecule is CC[C@H](c1ccccc1)N(C(=O)CCl)C(C)C. The van der Waals surface area contributed by atoms with E-state index >= 15 is 0 Å². The van der Waals surface area contributed by atoms with Crippen LogP contribution in [0.3, 0.4) is 0 Å². The van der Waals surface area contributed by atoms with Crippen LogP contribution in [0, 0.1) is 0 Å². The van der Waals surface area contributed by atoms with Gasteiger partial charge in [0, 0.05) is 6.04 Å². The second kappa shape index (κ2) is 6.65. The van der Waals surface area contributed by atoms with Gasteiger partial charge in [-0.15, -0.1) is 11.6 Å². The molecule has 3 heteroatoms. The molecule has 0 spiro atoms. The molecule has 0 radical (unpaired) electrons. The average Bonchev–Trinajstić information content (AvgIpc) is 2.35. The zero-order valence-corrected chi connectivity index (χ0v) is 11.4. The summed E-state index contributed by atoms with van der Waals surface area (Å²) in [6, 6.07) is 10.4. The molecular weight excluding hydrogens is 234 g/mol. The summed E-state index contributed by atoms with van der Waals surface area (Å²) in [4.78, 5) is 13.8. The van der Waals surface area contributed by atoms with E-state index in [0.717, 1.165) is 6.42 Å². The van der Waals surface area contributed by atoms with Gasteiger partial charge in [-0.3, -0.25) is 4.79 Å². The van der Waals surface area contributed by atoms with Crippen molar-refractivity contribution in [2.45, 2.75) is 39.3 Å². The summed E-state index contributed by atoms with van der Waals surface area (Å²) < 4.78 is 0. The van der Waals surface area contributed by atoms with Gasteiger partial charge in [-0.05, 0) is 25.8 Å². The lowest BCUT2D eigenvalue weighted by Gasteiger charge is -2.34. The minimum Gasteiger partial charge on any atom is -0.332 e. The van der Waals surface area contributed by atoms with Gasteiger partial charge in [0.25, 0.3) is 0 Å². The molecule has 0 unspecified atom stereocenters. The Balaban J connectivity index is 3.02. The van der Waals surface area contributed by atoms with Crippen molar-refractivity contribution in [2.24, 2.45) is 0 Å². The van der Waals surface area contributed by atoms with E-state index in [1.807, 2.05) is 36.9 Å². The second-order valence-electron chi connectivity index (χ2n) is 4.36. The van der Waals surface area contributed by atoms with E-state index in [9.17, 15) is 4.79 Å². The summed E-state index contributed by atoms with van der Waals surface area (Å²) >= 11 is 5.69. The summed E-state index contributed by atoms with van der Waals surface area (Å²) in [5, 5.41) is 0. The Morgan fingerprint density at radius 3 is 2.29 bits per heavy atom. The zero-order valence-electron chi connectivity index (χ0n) is 10.7. The van der Waals surface area contributed by atoms with Crippen LogP contribution in [-0.2, 0) is 4.79 Å². The Hall–Kier alpha value is -1.02. The van der Waals surface area contributed by atoms with Gasteiger partial charge in [0.15, 0.2) is 0 Å². The number of amides is 1. The number of nitrogens with zero attached hydrogens (tertiary/aromatic N) is 1. The predicted octanol–water partition coefficient (Wildman–Crippen LogP) is 3.61. The molecule has 1 rings (SSSR count). The van der Waals surface area contributed by atoms with E-state index < -0.39 is 0 Å². The fraction of sp³-hybridized carbons (Fsp3) is 0.500. The highest BCUT2D eigenvalue weighted by atomic mass is 35.5. The number of carbonyl (C=O) groups is 1. The maximum absolute atomic E-state index is 11.9. The first kappa shape index (κ1) is 14.0. The van der Waals surface area contributed by atoms with E-state index in [0.29, 0.717) is 0 Å². The number of hydrogen-bond acceptors (Lipinski definition) is 1. The fourth-order valence-electron chi connectivity index (χ4n) is 2.16. The van der Waals surface area contributed by atoms with Crippen molar-refractivity contribution in [2.75, 3.05) is 5.88 Å². The van der Waals surface area contributed by atoms with Crippen molar-refractivity contribution in [3.8, 4) is 0 Å². The lowest BCUT2D eigenvalue weighted by atomic mass is 10.0. The molecule has 0 fully saturated rings. The van der Waals surface area contributed by atoms with E-state index in [1.165, 1.54) is 5.56 Å². The summed E-state index contributed by atoms with van der Waals surface area (Å²) in [6.45, 7) is 6.14. The van der Waals surface area contributed by atoms with Crippen LogP contribution in [0.15, 0.2) is 30.3 Å². The number of alkyl halides is 1. The van der Waals surface area contributed by atoms with Crippen molar-refractivity contribution in [3.05, 3.63) is 35.9 Å². The molecule has 0 aliphatic heterocycles. The first-order valence-electron chi connectivity index (χ1n) is 6.03. The van der Waals surface area contributed by atoms with Gasteiger partial charge in [-0.1, -0.05) is 37.3 Å². The van der Waals surface area contributed by atoms with Gasteiger partial charge >= 0.3 is 0 Å². The molecule has 0 aliphatic rings. The molecule has 1 atom stereocenters. The van der Waals surface area contributed by atoms with Crippen LogP contribution in [0.1, 0.15) is 38.8 Å². The molecule has 0 bridgehead atoms. The molecule has 0 N–H and O–H groups in total. The van der Waals surface area contributed by atoms with Crippen molar-refractivity contribution >= 4 is 17.5 Å². The number of halogens is 1. The maximum atomic E-state index is 11.9. The van der Waals surface area contributed by atoms with E-state index in [-0.39, 0.29) is 23.9 Å². The highest BCUT2D eigenvalue weighted by Crippen LogP contribution is 2.26. The normalized spacial score (nSPS) is 12.5. The highest BCUT2D eigenvalue weighted by Gasteiger charge is 2.25. The Kier molecular flexibility index (Phi) is 5.49. The number of hydrogen-bond donors (Lipinski definition) is 0. The summed E-state index contributed by atoms with van der Waals surface area (Å²) in [6.07, 6.45) is 0.894. The van der Waals surface area contributed by atoms with Gasteiger partial charge in [0.1, 0.15) is 5.88 Å². The molecule has 1 aromatic carbocycles. The van der Waals surface area contributed by atoms with Crippen LogP contribution in [0.4, 0.5) is 0 Å². The molecule has 0 aliphatic carbocycles. The minimum atomic E-state index is -0.00244. The third-order valence-corrected chi connectivity index (χ3v) is 3.09. The molecule has 0 saturated carbocycles. The number of rotatable bonds is 5. The van der Waals surface area contributed by atoms with Crippen LogP contribution >= 0.6 is 11.6 Å². The quantitative estimate of drug-likeness (QED) is 0.734. The van der Waals surface area contributed by atoms with E-state index in [4.69, 9.17) is 11.6 Å². The summed E-state index contributed by atoms with van der Waals surface area (Å²) in [5.41, 5.74) is 1.17. The Bertz CT molecular complexity index is 350. The third-order valence-electron chi connectivity index (χ3n) is 2.87. The van der Waals surface area contributed by atoms with E-state index in [2.05, 4.69) is 19.1 Å². The number of carbonyl (C=O) groups excluding carboxylic acids is 1. The topological polar surface area (TPSA) is 20.3 Å². The van der Waals surface area contributed by atoms with Gasteiger partial charge in [0.2, 0.25) is 5.91 Å². The molecule has 94 valence electrons. The lowest BCUT2D eigenvalue weighted by Crippen LogP contribution is -2.40. The Labute approximate surface area is 109 Å². The highest BCUT2D eigenvalue weighted by molar-refractivity contribution is 6.27. The summed E-state index contributed by atoms with van der Waals surface area (Å²) in [5.74, 6) is 0.0407. The third kappa shape index (κ3) is 3.47. The monoisotopic (exact) mass is 253 g/mol. The van der Waals surface area contributed by atoms with E-state index in [1.54, 1.807) is 0 Å². The summed E-state index contributed by atoms with van der Waals surface area (Å²) in [7, 11) is 0. The van der Waals surface area contributed by atoms with Crippen molar-refractivity contribution < 1.29 is 4.79 Å². The van der Waals surface area contributed by atoms with Gasteiger partial charge in [-0.25, -0.2) is 0 Å². The predicted molar refractivity (Wildman–Crippen MR) is 72.2 cm³/mol. The van der Waals surface area contributed by atoms with Crippen LogP contribution in [-0.4, -0.2) is 22.7 Å². The van der Waals surface area contributed by atoms with Crippen molar-refractivity contribution in [3.63, 3.8) is 0 Å². The van der Waals surface area contributed by atoms with Gasteiger partial charge < -0.3 is 4.90 Å². The standard InChI is InChI=1S/C14H20ClNO/c1-4-13(12-8-6-5-7-9-12)16(11(2)3)14(17)10-15/h5-9,11,13H,4,10H2,1-3H3/t13-/m1/s1. The first-order valence-corrected chi connectivity index (χ1v) is 6.57. The molecule has 0 aromatic heterocycles. The first-order chi connectivity index (χ1) is 8.11. The van der Waals surface area contributed by atoms with Gasteiger partial charge in [0.05, 0.1) is 6.04 Å². The molecule has 2 nitrogen and oxygen atoms in total. The molecule has 1 amide bonds. The van der Waals surface area contributed by atoms with Crippen LogP contribution < -0.4 is 0 Å². The van der Waals surface area contributed by atoms with Crippen molar-refractivity contribution in [1.82, 2.24) is 4.90 Å². The van der Waals surface area contributed by atoms with Gasteiger partial charge in [-0.2, -0.15) is 0 Å². The van der Waals surface area contributed by atoms with Crippen molar-refractivity contribution in [1.29, 1.82) is 0 Å². The molecular formula is C14H20ClNO. The molecule has 17 heavy (non-hydrogen) atoms. The lowest BCUT2D eigenvalue weighted by molar-refractivity contribution is -0.133. The fourth-order valence-corrected chi connectivity index (χ4v) is 2.30. The van der Waals surface area contributed by atoms with Crippen LogP contribution in [0.5, 0.6) is 0 Å². The molecule has 0 saturated heterocycles. The van der Waals surface area contributed by atoms with Crippen LogP contribution in [0.2, 0.25) is 0 Å². The second-order valence-corrected chi connectivity index (χ2v) is 4.63. The Morgan fingerprint density at radius 1 is 1.29 bits per heavy atom. The molecule has 1 aromatic rings. The average molecular weight is 254 g/mol. The zero-order chi connectivity index (χ0) is 12.8. The number of benzene rings is 1. The van der Waals surface area contributed by atoms with Crippen LogP contribution in [0.25, 0.3) is 0 Å². The largest absolute Gasteiger partial charge is 0.332 e. The Morgan fingerprint density at radius 2 is 1.88 bits per heavy atom. The smallest absolute Gasteiger partial charge is 0.238 e.